The Morgan fingerprint density at radius 3 is 2.85 bits per heavy atom. The fourth-order valence-electron chi connectivity index (χ4n) is 1.87. The van der Waals surface area contributed by atoms with Gasteiger partial charge in [0.1, 0.15) is 0 Å². The van der Waals surface area contributed by atoms with Crippen molar-refractivity contribution >= 4 is 11.8 Å². The first-order valence-corrected chi connectivity index (χ1v) is 6.33. The van der Waals surface area contributed by atoms with E-state index in [4.69, 9.17) is 6.42 Å². The summed E-state index contributed by atoms with van der Waals surface area (Å²) in [5, 5.41) is 4.38. The summed E-state index contributed by atoms with van der Waals surface area (Å²) in [5.41, 5.74) is 0. The second kappa shape index (κ2) is 5.57. The van der Waals surface area contributed by atoms with E-state index in [0.29, 0.717) is 6.04 Å². The van der Waals surface area contributed by atoms with Gasteiger partial charge in [0.15, 0.2) is 0 Å². The molecule has 0 aliphatic heterocycles. The molecule has 2 heteroatoms. The van der Waals surface area contributed by atoms with Crippen molar-refractivity contribution in [3.8, 4) is 12.3 Å². The van der Waals surface area contributed by atoms with Gasteiger partial charge < -0.3 is 5.32 Å². The van der Waals surface area contributed by atoms with Crippen molar-refractivity contribution in [1.29, 1.82) is 0 Å². The molecule has 3 atom stereocenters. The van der Waals surface area contributed by atoms with Gasteiger partial charge in [-0.1, -0.05) is 12.8 Å². The van der Waals surface area contributed by atoms with Crippen molar-refractivity contribution < 1.29 is 0 Å². The average molecular weight is 197 g/mol. The summed E-state index contributed by atoms with van der Waals surface area (Å²) in [6.45, 7) is 2.14. The third-order valence-electron chi connectivity index (χ3n) is 2.76. The topological polar surface area (TPSA) is 12.0 Å². The Hall–Kier alpha value is -0.130. The smallest absolute Gasteiger partial charge is 0.0686 e. The molecule has 1 rings (SSSR count). The van der Waals surface area contributed by atoms with Gasteiger partial charge in [-0.2, -0.15) is 11.8 Å². The highest BCUT2D eigenvalue weighted by Crippen LogP contribution is 2.28. The molecule has 3 unspecified atom stereocenters. The minimum atomic E-state index is 0.283. The Labute approximate surface area is 86.1 Å². The lowest BCUT2D eigenvalue weighted by Crippen LogP contribution is -2.35. The largest absolute Gasteiger partial charge is 0.301 e. The molecule has 0 spiro atoms. The third-order valence-corrected chi connectivity index (χ3v) is 3.86. The van der Waals surface area contributed by atoms with Crippen LogP contribution in [-0.2, 0) is 0 Å². The molecule has 0 aromatic carbocycles. The summed E-state index contributed by atoms with van der Waals surface area (Å²) in [6.07, 6.45) is 12.6. The second-order valence-electron chi connectivity index (χ2n) is 3.66. The first kappa shape index (κ1) is 10.9. The minimum absolute atomic E-state index is 0.283. The molecule has 1 N–H and O–H groups in total. The molecule has 0 heterocycles. The highest BCUT2D eigenvalue weighted by molar-refractivity contribution is 7.99. The van der Waals surface area contributed by atoms with Crippen molar-refractivity contribution in [2.45, 2.75) is 49.9 Å². The van der Waals surface area contributed by atoms with Crippen LogP contribution in [0.4, 0.5) is 0 Å². The highest BCUT2D eigenvalue weighted by atomic mass is 32.2. The number of nitrogens with one attached hydrogen (secondary N) is 1. The lowest BCUT2D eigenvalue weighted by molar-refractivity contribution is 0.478. The van der Waals surface area contributed by atoms with Crippen LogP contribution in [0.5, 0.6) is 0 Å². The van der Waals surface area contributed by atoms with Gasteiger partial charge in [0.05, 0.1) is 6.04 Å². The Kier molecular flexibility index (Phi) is 4.69. The Bertz CT molecular complexity index is 185. The van der Waals surface area contributed by atoms with Crippen LogP contribution in [0.15, 0.2) is 0 Å². The van der Waals surface area contributed by atoms with Crippen LogP contribution >= 0.6 is 11.8 Å². The van der Waals surface area contributed by atoms with E-state index < -0.39 is 0 Å². The monoisotopic (exact) mass is 197 g/mol. The minimum Gasteiger partial charge on any atom is -0.301 e. The maximum absolute atomic E-state index is 5.41. The molecular formula is C11H19NS. The maximum Gasteiger partial charge on any atom is 0.0686 e. The Balaban J connectivity index is 2.27. The summed E-state index contributed by atoms with van der Waals surface area (Å²) >= 11 is 1.99. The first-order chi connectivity index (χ1) is 6.30. The van der Waals surface area contributed by atoms with Gasteiger partial charge >= 0.3 is 0 Å². The van der Waals surface area contributed by atoms with Crippen molar-refractivity contribution in [3.05, 3.63) is 0 Å². The molecule has 0 radical (unpaired) electrons. The fraction of sp³-hybridized carbons (Fsp3) is 0.818. The van der Waals surface area contributed by atoms with Gasteiger partial charge in [0.25, 0.3) is 0 Å². The molecule has 74 valence electrons. The fourth-order valence-corrected chi connectivity index (χ4v) is 2.67. The van der Waals surface area contributed by atoms with E-state index in [1.54, 1.807) is 0 Å². The van der Waals surface area contributed by atoms with E-state index in [0.717, 1.165) is 11.7 Å². The van der Waals surface area contributed by atoms with Crippen molar-refractivity contribution in [2.75, 3.05) is 6.26 Å². The van der Waals surface area contributed by atoms with Gasteiger partial charge in [0.2, 0.25) is 0 Å². The van der Waals surface area contributed by atoms with Crippen LogP contribution in [0.25, 0.3) is 0 Å². The zero-order chi connectivity index (χ0) is 9.68. The molecule has 1 aliphatic rings. The predicted molar refractivity (Wildman–Crippen MR) is 61.0 cm³/mol. The summed E-state index contributed by atoms with van der Waals surface area (Å²) in [5.74, 6) is 2.79. The summed E-state index contributed by atoms with van der Waals surface area (Å²) in [6, 6.07) is 0.948. The zero-order valence-corrected chi connectivity index (χ0v) is 9.36. The quantitative estimate of drug-likeness (QED) is 0.694. The zero-order valence-electron chi connectivity index (χ0n) is 8.55. The van der Waals surface area contributed by atoms with Gasteiger partial charge in [-0.25, -0.2) is 0 Å². The van der Waals surface area contributed by atoms with Crippen LogP contribution < -0.4 is 5.32 Å². The first-order valence-electron chi connectivity index (χ1n) is 5.05. The van der Waals surface area contributed by atoms with Crippen molar-refractivity contribution in [1.82, 2.24) is 5.32 Å². The van der Waals surface area contributed by atoms with Crippen LogP contribution in [0.2, 0.25) is 0 Å². The Morgan fingerprint density at radius 1 is 1.62 bits per heavy atom. The molecule has 0 aromatic heterocycles. The lowest BCUT2D eigenvalue weighted by atomic mass is 10.2. The van der Waals surface area contributed by atoms with E-state index >= 15 is 0 Å². The molecular weight excluding hydrogens is 178 g/mol. The van der Waals surface area contributed by atoms with Crippen LogP contribution in [-0.4, -0.2) is 23.6 Å². The normalized spacial score (nSPS) is 29.9. The van der Waals surface area contributed by atoms with Gasteiger partial charge in [-0.05, 0) is 31.9 Å². The maximum atomic E-state index is 5.41. The third kappa shape index (κ3) is 3.25. The van der Waals surface area contributed by atoms with Crippen LogP contribution in [0.1, 0.15) is 32.6 Å². The lowest BCUT2D eigenvalue weighted by Gasteiger charge is -2.17. The summed E-state index contributed by atoms with van der Waals surface area (Å²) < 4.78 is 0. The Morgan fingerprint density at radius 2 is 2.38 bits per heavy atom. The molecule has 0 aromatic rings. The molecule has 1 aliphatic carbocycles. The average Bonchev–Trinajstić information content (AvgIpc) is 2.61. The summed E-state index contributed by atoms with van der Waals surface area (Å²) in [7, 11) is 0. The standard InChI is InChI=1S/C11H19NS/c1-4-9(5-2)12-10-6-7-11(8-10)13-3/h1,9-12H,5-8H2,2-3H3. The van der Waals surface area contributed by atoms with E-state index in [1.165, 1.54) is 19.3 Å². The number of rotatable bonds is 4. The van der Waals surface area contributed by atoms with Crippen LogP contribution in [0.3, 0.4) is 0 Å². The second-order valence-corrected chi connectivity index (χ2v) is 4.80. The van der Waals surface area contributed by atoms with Crippen LogP contribution in [0, 0.1) is 12.3 Å². The number of terminal acetylenes is 1. The SMILES string of the molecule is C#CC(CC)NC1CCC(SC)C1. The van der Waals surface area contributed by atoms with E-state index in [1.807, 2.05) is 11.8 Å². The summed E-state index contributed by atoms with van der Waals surface area (Å²) in [4.78, 5) is 0. The molecule has 13 heavy (non-hydrogen) atoms. The van der Waals surface area contributed by atoms with Gasteiger partial charge in [-0.15, -0.1) is 6.42 Å². The molecule has 0 saturated heterocycles. The van der Waals surface area contributed by atoms with E-state index in [2.05, 4.69) is 24.4 Å². The van der Waals surface area contributed by atoms with E-state index in [-0.39, 0.29) is 6.04 Å². The van der Waals surface area contributed by atoms with Gasteiger partial charge in [-0.3, -0.25) is 0 Å². The van der Waals surface area contributed by atoms with E-state index in [9.17, 15) is 0 Å². The molecule has 0 amide bonds. The highest BCUT2D eigenvalue weighted by Gasteiger charge is 2.24. The molecule has 0 bridgehead atoms. The predicted octanol–water partition coefficient (Wildman–Crippen LogP) is 2.27. The van der Waals surface area contributed by atoms with Gasteiger partial charge in [0, 0.05) is 11.3 Å². The number of hydrogen-bond acceptors (Lipinski definition) is 2. The molecule has 1 fully saturated rings. The van der Waals surface area contributed by atoms with Crippen molar-refractivity contribution in [3.63, 3.8) is 0 Å². The number of hydrogen-bond donors (Lipinski definition) is 1. The molecule has 1 saturated carbocycles. The molecule has 1 nitrogen and oxygen atoms in total. The van der Waals surface area contributed by atoms with Crippen molar-refractivity contribution in [2.24, 2.45) is 0 Å². The number of thioether (sulfide) groups is 1.